The van der Waals surface area contributed by atoms with Crippen LogP contribution in [0.3, 0.4) is 0 Å². The molecule has 1 aliphatic heterocycles. The molecular formula is C19H27N3O2. The number of benzene rings is 1. The lowest BCUT2D eigenvalue weighted by atomic mass is 10.1. The molecule has 130 valence electrons. The number of amides is 1. The van der Waals surface area contributed by atoms with Gasteiger partial charge in [-0.15, -0.1) is 0 Å². The van der Waals surface area contributed by atoms with Crippen molar-refractivity contribution in [2.45, 2.75) is 39.7 Å². The molecule has 1 atom stereocenters. The lowest BCUT2D eigenvalue weighted by Gasteiger charge is -2.28. The van der Waals surface area contributed by atoms with Crippen molar-refractivity contribution >= 4 is 11.8 Å². The second kappa shape index (κ2) is 7.57. The molecule has 1 aromatic rings. The summed E-state index contributed by atoms with van der Waals surface area (Å²) < 4.78 is 5.48. The van der Waals surface area contributed by atoms with Gasteiger partial charge in [-0.25, -0.2) is 4.79 Å². The first-order valence-electron chi connectivity index (χ1n) is 8.55. The minimum absolute atomic E-state index is 0.234. The summed E-state index contributed by atoms with van der Waals surface area (Å²) in [6, 6.07) is 9.82. The van der Waals surface area contributed by atoms with Crippen molar-refractivity contribution in [2.75, 3.05) is 31.1 Å². The molecular weight excluding hydrogens is 302 g/mol. The Morgan fingerprint density at radius 2 is 2.04 bits per heavy atom. The van der Waals surface area contributed by atoms with Crippen LogP contribution in [0, 0.1) is 17.2 Å². The molecule has 0 bridgehead atoms. The molecule has 0 N–H and O–H groups in total. The van der Waals surface area contributed by atoms with Crippen molar-refractivity contribution in [1.82, 2.24) is 4.90 Å². The summed E-state index contributed by atoms with van der Waals surface area (Å²) in [4.78, 5) is 16.4. The monoisotopic (exact) mass is 329 g/mol. The zero-order valence-corrected chi connectivity index (χ0v) is 15.1. The molecule has 1 aliphatic rings. The molecule has 0 saturated carbocycles. The van der Waals surface area contributed by atoms with E-state index in [1.165, 1.54) is 0 Å². The van der Waals surface area contributed by atoms with Crippen molar-refractivity contribution in [3.8, 4) is 6.07 Å². The standard InChI is InChI=1S/C19H27N3O2/c1-5-21(18(23)24-19(2,3)4)13-16-10-11-22(14-16)17-8-6-15(12-20)7-9-17/h6-9,16H,5,10-11,13-14H2,1-4H3/t16-/m1/s1. The summed E-state index contributed by atoms with van der Waals surface area (Å²) in [6.45, 7) is 10.9. The van der Waals surface area contributed by atoms with Crippen molar-refractivity contribution in [3.63, 3.8) is 0 Å². The van der Waals surface area contributed by atoms with Gasteiger partial charge < -0.3 is 14.5 Å². The van der Waals surface area contributed by atoms with Gasteiger partial charge in [0, 0.05) is 31.9 Å². The minimum Gasteiger partial charge on any atom is -0.444 e. The second-order valence-corrected chi connectivity index (χ2v) is 7.28. The number of nitriles is 1. The number of anilines is 1. The number of ether oxygens (including phenoxy) is 1. The largest absolute Gasteiger partial charge is 0.444 e. The Hall–Kier alpha value is -2.22. The van der Waals surface area contributed by atoms with Gasteiger partial charge in [-0.2, -0.15) is 5.26 Å². The second-order valence-electron chi connectivity index (χ2n) is 7.28. The van der Waals surface area contributed by atoms with Gasteiger partial charge in [0.2, 0.25) is 0 Å². The number of rotatable bonds is 4. The lowest BCUT2D eigenvalue weighted by Crippen LogP contribution is -2.40. The highest BCUT2D eigenvalue weighted by Gasteiger charge is 2.28. The molecule has 5 nitrogen and oxygen atoms in total. The first-order chi connectivity index (χ1) is 11.3. The van der Waals surface area contributed by atoms with E-state index in [4.69, 9.17) is 10.00 Å². The van der Waals surface area contributed by atoms with Crippen LogP contribution in [0.1, 0.15) is 39.7 Å². The number of carbonyl (C=O) groups is 1. The Labute approximate surface area is 144 Å². The van der Waals surface area contributed by atoms with Gasteiger partial charge in [0.25, 0.3) is 0 Å². The van der Waals surface area contributed by atoms with E-state index in [1.54, 1.807) is 4.90 Å². The van der Waals surface area contributed by atoms with Gasteiger partial charge >= 0.3 is 6.09 Å². The van der Waals surface area contributed by atoms with E-state index in [1.807, 2.05) is 52.0 Å². The van der Waals surface area contributed by atoms with Crippen molar-refractivity contribution in [2.24, 2.45) is 5.92 Å². The summed E-state index contributed by atoms with van der Waals surface area (Å²) in [5.41, 5.74) is 1.35. The van der Waals surface area contributed by atoms with E-state index in [0.717, 1.165) is 31.7 Å². The van der Waals surface area contributed by atoms with Crippen molar-refractivity contribution < 1.29 is 9.53 Å². The molecule has 1 aromatic carbocycles. The number of hydrogen-bond donors (Lipinski definition) is 0. The quantitative estimate of drug-likeness (QED) is 0.846. The van der Waals surface area contributed by atoms with Crippen LogP contribution in [-0.4, -0.2) is 42.8 Å². The topological polar surface area (TPSA) is 56.6 Å². The fourth-order valence-electron chi connectivity index (χ4n) is 2.93. The van der Waals surface area contributed by atoms with Crippen LogP contribution in [0.2, 0.25) is 0 Å². The van der Waals surface area contributed by atoms with Crippen molar-refractivity contribution in [1.29, 1.82) is 5.26 Å². The highest BCUT2D eigenvalue weighted by Crippen LogP contribution is 2.25. The van der Waals surface area contributed by atoms with E-state index in [2.05, 4.69) is 11.0 Å². The molecule has 0 radical (unpaired) electrons. The molecule has 1 saturated heterocycles. The summed E-state index contributed by atoms with van der Waals surface area (Å²) in [7, 11) is 0. The van der Waals surface area contributed by atoms with Crippen LogP contribution in [-0.2, 0) is 4.74 Å². The van der Waals surface area contributed by atoms with Crippen LogP contribution in [0.4, 0.5) is 10.5 Å². The molecule has 1 amide bonds. The maximum atomic E-state index is 12.3. The number of hydrogen-bond acceptors (Lipinski definition) is 4. The average Bonchev–Trinajstić information content (AvgIpc) is 2.99. The molecule has 0 aliphatic carbocycles. The first-order valence-corrected chi connectivity index (χ1v) is 8.55. The summed E-state index contributed by atoms with van der Waals surface area (Å²) >= 11 is 0. The Bertz CT molecular complexity index is 599. The first kappa shape index (κ1) is 18.1. The van der Waals surface area contributed by atoms with Gasteiger partial charge in [0.05, 0.1) is 11.6 Å². The minimum atomic E-state index is -0.464. The average molecular weight is 329 g/mol. The van der Waals surface area contributed by atoms with Gasteiger partial charge in [-0.3, -0.25) is 0 Å². The predicted octanol–water partition coefficient (Wildman–Crippen LogP) is 3.64. The smallest absolute Gasteiger partial charge is 0.410 e. The summed E-state index contributed by atoms with van der Waals surface area (Å²) in [6.07, 6.45) is 0.820. The Kier molecular flexibility index (Phi) is 5.71. The van der Waals surface area contributed by atoms with Gasteiger partial charge in [-0.05, 0) is 64.3 Å². The fraction of sp³-hybridized carbons (Fsp3) is 0.579. The van der Waals surface area contributed by atoms with E-state index in [9.17, 15) is 4.79 Å². The van der Waals surface area contributed by atoms with Crippen LogP contribution in [0.15, 0.2) is 24.3 Å². The molecule has 2 rings (SSSR count). The molecule has 0 aromatic heterocycles. The van der Waals surface area contributed by atoms with Gasteiger partial charge in [0.15, 0.2) is 0 Å². The zero-order valence-electron chi connectivity index (χ0n) is 15.1. The van der Waals surface area contributed by atoms with E-state index in [0.29, 0.717) is 18.0 Å². The zero-order chi connectivity index (χ0) is 17.7. The van der Waals surface area contributed by atoms with Gasteiger partial charge in [-0.1, -0.05) is 0 Å². The molecule has 0 unspecified atom stereocenters. The third kappa shape index (κ3) is 4.89. The molecule has 1 fully saturated rings. The molecule has 5 heteroatoms. The van der Waals surface area contributed by atoms with Crippen LogP contribution >= 0.6 is 0 Å². The van der Waals surface area contributed by atoms with Crippen LogP contribution < -0.4 is 4.90 Å². The third-order valence-corrected chi connectivity index (χ3v) is 4.16. The predicted molar refractivity (Wildman–Crippen MR) is 95.0 cm³/mol. The SMILES string of the molecule is CCN(C[C@H]1CCN(c2ccc(C#N)cc2)C1)C(=O)OC(C)(C)C. The van der Waals surface area contributed by atoms with E-state index >= 15 is 0 Å². The van der Waals surface area contributed by atoms with Crippen LogP contribution in [0.25, 0.3) is 0 Å². The normalized spacial score (nSPS) is 17.5. The Morgan fingerprint density at radius 1 is 1.38 bits per heavy atom. The van der Waals surface area contributed by atoms with Gasteiger partial charge in [0.1, 0.15) is 5.60 Å². The molecule has 24 heavy (non-hydrogen) atoms. The molecule has 0 spiro atoms. The maximum Gasteiger partial charge on any atom is 0.410 e. The summed E-state index contributed by atoms with van der Waals surface area (Å²) in [5.74, 6) is 0.438. The summed E-state index contributed by atoms with van der Waals surface area (Å²) in [5, 5.41) is 8.88. The number of nitrogens with zero attached hydrogens (tertiary/aromatic N) is 3. The Morgan fingerprint density at radius 3 is 2.58 bits per heavy atom. The van der Waals surface area contributed by atoms with E-state index < -0.39 is 5.60 Å². The third-order valence-electron chi connectivity index (χ3n) is 4.16. The lowest BCUT2D eigenvalue weighted by molar-refractivity contribution is 0.0236. The Balaban J connectivity index is 1.92. The highest BCUT2D eigenvalue weighted by molar-refractivity contribution is 5.68. The van der Waals surface area contributed by atoms with Crippen LogP contribution in [0.5, 0.6) is 0 Å². The van der Waals surface area contributed by atoms with Crippen molar-refractivity contribution in [3.05, 3.63) is 29.8 Å². The number of carbonyl (C=O) groups excluding carboxylic acids is 1. The maximum absolute atomic E-state index is 12.3. The van der Waals surface area contributed by atoms with E-state index in [-0.39, 0.29) is 6.09 Å². The highest BCUT2D eigenvalue weighted by atomic mass is 16.6. The molecule has 1 heterocycles. The fourth-order valence-corrected chi connectivity index (χ4v) is 2.93.